The Hall–Kier alpha value is -1.57. The lowest BCUT2D eigenvalue weighted by atomic mass is 10.1. The van der Waals surface area contributed by atoms with Crippen LogP contribution in [0.25, 0.3) is 6.08 Å². The van der Waals surface area contributed by atoms with Gasteiger partial charge in [-0.05, 0) is 42.0 Å². The molecule has 0 spiro atoms. The molecule has 14 heavy (non-hydrogen) atoms. The fraction of sp³-hybridized carbons (Fsp3) is 0.250. The molecule has 0 radical (unpaired) electrons. The molecule has 0 bridgehead atoms. The topological polar surface area (TPSA) is 37.3 Å². The van der Waals surface area contributed by atoms with Crippen LogP contribution in [-0.2, 0) is 17.6 Å². The first kappa shape index (κ1) is 9.00. The quantitative estimate of drug-likeness (QED) is 0.723. The van der Waals surface area contributed by atoms with Crippen LogP contribution in [0.1, 0.15) is 23.1 Å². The van der Waals surface area contributed by atoms with Gasteiger partial charge in [-0.25, -0.2) is 4.79 Å². The highest BCUT2D eigenvalue weighted by Gasteiger charge is 2.09. The van der Waals surface area contributed by atoms with E-state index in [1.54, 1.807) is 6.08 Å². The first-order chi connectivity index (χ1) is 6.75. The van der Waals surface area contributed by atoms with E-state index >= 15 is 0 Å². The molecule has 0 amide bonds. The van der Waals surface area contributed by atoms with E-state index in [0.717, 1.165) is 18.4 Å². The molecule has 0 saturated carbocycles. The minimum absolute atomic E-state index is 0.898. The summed E-state index contributed by atoms with van der Waals surface area (Å²) >= 11 is 0. The van der Waals surface area contributed by atoms with E-state index in [2.05, 4.69) is 12.1 Å². The van der Waals surface area contributed by atoms with Crippen molar-refractivity contribution in [2.24, 2.45) is 0 Å². The van der Waals surface area contributed by atoms with Gasteiger partial charge in [0.1, 0.15) is 0 Å². The van der Waals surface area contributed by atoms with Crippen molar-refractivity contribution in [1.29, 1.82) is 0 Å². The second-order valence-corrected chi connectivity index (χ2v) is 3.55. The van der Waals surface area contributed by atoms with Gasteiger partial charge in [0.15, 0.2) is 0 Å². The summed E-state index contributed by atoms with van der Waals surface area (Å²) in [4.78, 5) is 10.3. The molecule has 1 aromatic rings. The Morgan fingerprint density at radius 1 is 1.29 bits per heavy atom. The average molecular weight is 188 g/mol. The zero-order chi connectivity index (χ0) is 9.97. The van der Waals surface area contributed by atoms with Crippen LogP contribution in [0.2, 0.25) is 0 Å². The molecule has 0 saturated heterocycles. The Balaban J connectivity index is 2.25. The lowest BCUT2D eigenvalue weighted by Crippen LogP contribution is -1.87. The second-order valence-electron chi connectivity index (χ2n) is 3.55. The number of carbonyl (C=O) groups is 1. The third-order valence-electron chi connectivity index (χ3n) is 2.54. The molecule has 2 heteroatoms. The summed E-state index contributed by atoms with van der Waals surface area (Å²) in [7, 11) is 0. The Kier molecular flexibility index (Phi) is 2.35. The number of hydrogen-bond donors (Lipinski definition) is 1. The minimum Gasteiger partial charge on any atom is -0.478 e. The molecule has 1 aliphatic rings. The monoisotopic (exact) mass is 188 g/mol. The molecule has 1 aromatic carbocycles. The number of fused-ring (bicyclic) bond motifs is 1. The summed E-state index contributed by atoms with van der Waals surface area (Å²) in [5, 5.41) is 8.48. The van der Waals surface area contributed by atoms with E-state index in [1.807, 2.05) is 6.07 Å². The first-order valence-corrected chi connectivity index (χ1v) is 4.78. The van der Waals surface area contributed by atoms with E-state index in [1.165, 1.54) is 23.6 Å². The van der Waals surface area contributed by atoms with Gasteiger partial charge in [-0.3, -0.25) is 0 Å². The predicted octanol–water partition coefficient (Wildman–Crippen LogP) is 2.27. The summed E-state index contributed by atoms with van der Waals surface area (Å²) in [6.45, 7) is 0. The van der Waals surface area contributed by atoms with Gasteiger partial charge < -0.3 is 5.11 Å². The number of carboxylic acids is 1. The van der Waals surface area contributed by atoms with Gasteiger partial charge in [0, 0.05) is 6.08 Å². The summed E-state index contributed by atoms with van der Waals surface area (Å²) < 4.78 is 0. The number of benzene rings is 1. The van der Waals surface area contributed by atoms with Crippen molar-refractivity contribution < 1.29 is 9.90 Å². The van der Waals surface area contributed by atoms with Crippen molar-refractivity contribution >= 4 is 12.0 Å². The van der Waals surface area contributed by atoms with Crippen molar-refractivity contribution in [2.45, 2.75) is 19.3 Å². The van der Waals surface area contributed by atoms with Crippen LogP contribution in [0.4, 0.5) is 0 Å². The zero-order valence-electron chi connectivity index (χ0n) is 7.86. The van der Waals surface area contributed by atoms with Crippen LogP contribution in [0.3, 0.4) is 0 Å². The molecular formula is C12H12O2. The molecule has 0 aromatic heterocycles. The Morgan fingerprint density at radius 2 is 2.07 bits per heavy atom. The third-order valence-corrected chi connectivity index (χ3v) is 2.54. The molecule has 1 N–H and O–H groups in total. The Morgan fingerprint density at radius 3 is 2.86 bits per heavy atom. The molecule has 1 aliphatic carbocycles. The van der Waals surface area contributed by atoms with Crippen LogP contribution in [0.5, 0.6) is 0 Å². The van der Waals surface area contributed by atoms with Crippen LogP contribution in [-0.4, -0.2) is 11.1 Å². The third kappa shape index (κ3) is 1.84. The maximum Gasteiger partial charge on any atom is 0.328 e. The number of aryl methyl sites for hydroxylation is 2. The standard InChI is InChI=1S/C12H12O2/c13-12(14)7-5-9-4-6-10-2-1-3-11(10)8-9/h4-8H,1-3H2,(H,13,14). The molecule has 0 heterocycles. The predicted molar refractivity (Wildman–Crippen MR) is 55.1 cm³/mol. The zero-order valence-corrected chi connectivity index (χ0v) is 7.86. The van der Waals surface area contributed by atoms with Gasteiger partial charge >= 0.3 is 5.97 Å². The van der Waals surface area contributed by atoms with Crippen molar-refractivity contribution in [3.63, 3.8) is 0 Å². The van der Waals surface area contributed by atoms with Crippen molar-refractivity contribution in [2.75, 3.05) is 0 Å². The smallest absolute Gasteiger partial charge is 0.328 e. The normalized spacial score (nSPS) is 14.6. The number of rotatable bonds is 2. The highest BCUT2D eigenvalue weighted by molar-refractivity contribution is 5.85. The fourth-order valence-electron chi connectivity index (χ4n) is 1.86. The largest absolute Gasteiger partial charge is 0.478 e. The fourth-order valence-corrected chi connectivity index (χ4v) is 1.86. The molecule has 2 rings (SSSR count). The SMILES string of the molecule is O=C(O)C=Cc1ccc2c(c1)CCC2. The lowest BCUT2D eigenvalue weighted by Gasteiger charge is -1.99. The summed E-state index contributed by atoms with van der Waals surface area (Å²) in [6.07, 6.45) is 6.33. The molecule has 2 nitrogen and oxygen atoms in total. The summed E-state index contributed by atoms with van der Waals surface area (Å²) in [5.41, 5.74) is 3.77. The second kappa shape index (κ2) is 3.66. The number of carboxylic acid groups (broad SMARTS) is 1. The maximum atomic E-state index is 10.3. The van der Waals surface area contributed by atoms with Gasteiger partial charge in [-0.15, -0.1) is 0 Å². The van der Waals surface area contributed by atoms with Crippen molar-refractivity contribution in [1.82, 2.24) is 0 Å². The van der Waals surface area contributed by atoms with Crippen molar-refractivity contribution in [3.05, 3.63) is 41.0 Å². The molecule has 0 aliphatic heterocycles. The highest BCUT2D eigenvalue weighted by Crippen LogP contribution is 2.23. The van der Waals surface area contributed by atoms with Crippen LogP contribution in [0.15, 0.2) is 24.3 Å². The minimum atomic E-state index is -0.898. The molecular weight excluding hydrogens is 176 g/mol. The van der Waals surface area contributed by atoms with Crippen LogP contribution < -0.4 is 0 Å². The van der Waals surface area contributed by atoms with E-state index in [4.69, 9.17) is 5.11 Å². The molecule has 0 fully saturated rings. The van der Waals surface area contributed by atoms with Gasteiger partial charge in [0.05, 0.1) is 0 Å². The molecule has 0 unspecified atom stereocenters. The van der Waals surface area contributed by atoms with Crippen LogP contribution in [0, 0.1) is 0 Å². The molecule has 72 valence electrons. The first-order valence-electron chi connectivity index (χ1n) is 4.78. The van der Waals surface area contributed by atoms with Gasteiger partial charge in [-0.1, -0.05) is 18.2 Å². The Labute approximate surface area is 82.9 Å². The maximum absolute atomic E-state index is 10.3. The van der Waals surface area contributed by atoms with Gasteiger partial charge in [-0.2, -0.15) is 0 Å². The van der Waals surface area contributed by atoms with Gasteiger partial charge in [0.25, 0.3) is 0 Å². The summed E-state index contributed by atoms with van der Waals surface area (Å²) in [6, 6.07) is 6.16. The lowest BCUT2D eigenvalue weighted by molar-refractivity contribution is -0.131. The molecule has 0 atom stereocenters. The van der Waals surface area contributed by atoms with Crippen LogP contribution >= 0.6 is 0 Å². The highest BCUT2D eigenvalue weighted by atomic mass is 16.4. The average Bonchev–Trinajstić information content (AvgIpc) is 2.61. The van der Waals surface area contributed by atoms with E-state index < -0.39 is 5.97 Å². The van der Waals surface area contributed by atoms with E-state index in [9.17, 15) is 4.79 Å². The number of aliphatic carboxylic acids is 1. The summed E-state index contributed by atoms with van der Waals surface area (Å²) in [5.74, 6) is -0.898. The van der Waals surface area contributed by atoms with E-state index in [-0.39, 0.29) is 0 Å². The Bertz CT molecular complexity index is 391. The van der Waals surface area contributed by atoms with E-state index in [0.29, 0.717) is 0 Å². The van der Waals surface area contributed by atoms with Gasteiger partial charge in [0.2, 0.25) is 0 Å². The number of hydrogen-bond acceptors (Lipinski definition) is 1. The van der Waals surface area contributed by atoms with Crippen molar-refractivity contribution in [3.8, 4) is 0 Å².